The summed E-state index contributed by atoms with van der Waals surface area (Å²) in [5.74, 6) is 0.792. The van der Waals surface area contributed by atoms with E-state index in [9.17, 15) is 4.79 Å². The van der Waals surface area contributed by atoms with E-state index in [0.717, 1.165) is 18.9 Å². The Balaban J connectivity index is 2.12. The van der Waals surface area contributed by atoms with Gasteiger partial charge in [-0.15, -0.1) is 0 Å². The van der Waals surface area contributed by atoms with Crippen LogP contribution < -0.4 is 5.32 Å². The fraction of sp³-hybridized carbons (Fsp3) is 0.750. The van der Waals surface area contributed by atoms with Gasteiger partial charge in [0.15, 0.2) is 0 Å². The average molecular weight is 195 g/mol. The molecule has 0 aromatic carbocycles. The fourth-order valence-corrected chi connectivity index (χ4v) is 1.92. The molecule has 1 saturated carbocycles. The van der Waals surface area contributed by atoms with E-state index < -0.39 is 0 Å². The first-order valence-corrected chi connectivity index (χ1v) is 5.77. The molecule has 2 heteroatoms. The Hall–Kier alpha value is -0.790. The van der Waals surface area contributed by atoms with Crippen molar-refractivity contribution in [2.45, 2.75) is 45.4 Å². The molecule has 0 spiro atoms. The van der Waals surface area contributed by atoms with Crippen LogP contribution in [0.1, 0.15) is 45.4 Å². The van der Waals surface area contributed by atoms with Gasteiger partial charge in [0.2, 0.25) is 5.91 Å². The van der Waals surface area contributed by atoms with Crippen LogP contribution in [-0.2, 0) is 4.79 Å². The largest absolute Gasteiger partial charge is 0.352 e. The van der Waals surface area contributed by atoms with Crippen LogP contribution in [0.25, 0.3) is 0 Å². The van der Waals surface area contributed by atoms with Gasteiger partial charge in [-0.3, -0.25) is 4.79 Å². The van der Waals surface area contributed by atoms with E-state index in [1.807, 2.05) is 13.0 Å². The summed E-state index contributed by atoms with van der Waals surface area (Å²) < 4.78 is 0. The van der Waals surface area contributed by atoms with Gasteiger partial charge in [0.25, 0.3) is 0 Å². The molecule has 14 heavy (non-hydrogen) atoms. The number of rotatable bonds is 4. The van der Waals surface area contributed by atoms with Crippen molar-refractivity contribution in [3.05, 3.63) is 12.2 Å². The second-order valence-corrected chi connectivity index (χ2v) is 4.06. The lowest BCUT2D eigenvalue weighted by molar-refractivity contribution is -0.116. The molecule has 0 aromatic rings. The topological polar surface area (TPSA) is 29.1 Å². The summed E-state index contributed by atoms with van der Waals surface area (Å²) in [5, 5.41) is 2.96. The molecule has 1 amide bonds. The lowest BCUT2D eigenvalue weighted by Crippen LogP contribution is -2.28. The van der Waals surface area contributed by atoms with Crippen LogP contribution in [0.3, 0.4) is 0 Å². The molecule has 1 N–H and O–H groups in total. The van der Waals surface area contributed by atoms with E-state index in [0.29, 0.717) is 0 Å². The smallest absolute Gasteiger partial charge is 0.243 e. The molecular formula is C12H21NO. The number of nitrogens with one attached hydrogen (secondary N) is 1. The minimum atomic E-state index is 0.0671. The highest BCUT2D eigenvalue weighted by Crippen LogP contribution is 2.22. The molecule has 0 bridgehead atoms. The Morgan fingerprint density at radius 1 is 1.36 bits per heavy atom. The third-order valence-electron chi connectivity index (χ3n) is 2.79. The van der Waals surface area contributed by atoms with E-state index in [1.54, 1.807) is 6.08 Å². The standard InChI is InChI=1S/C12H21NO/c1-2-3-9-12(14)13-10-11-7-5-4-6-8-11/h3,9,11H,2,4-8,10H2,1H3,(H,13,14)/b9-3+. The molecular weight excluding hydrogens is 174 g/mol. The van der Waals surface area contributed by atoms with Gasteiger partial charge in [-0.05, 0) is 31.3 Å². The zero-order valence-corrected chi connectivity index (χ0v) is 9.09. The van der Waals surface area contributed by atoms with Crippen molar-refractivity contribution in [3.63, 3.8) is 0 Å². The quantitative estimate of drug-likeness (QED) is 0.686. The molecule has 1 rings (SSSR count). The highest BCUT2D eigenvalue weighted by molar-refractivity contribution is 5.87. The maximum Gasteiger partial charge on any atom is 0.243 e. The molecule has 0 heterocycles. The monoisotopic (exact) mass is 195 g/mol. The summed E-state index contributed by atoms with van der Waals surface area (Å²) in [6.07, 6.45) is 11.1. The molecule has 0 atom stereocenters. The number of carbonyl (C=O) groups is 1. The van der Waals surface area contributed by atoms with Gasteiger partial charge in [0.05, 0.1) is 0 Å². The van der Waals surface area contributed by atoms with E-state index in [-0.39, 0.29) is 5.91 Å². The first-order valence-electron chi connectivity index (χ1n) is 5.77. The third-order valence-corrected chi connectivity index (χ3v) is 2.79. The van der Waals surface area contributed by atoms with Gasteiger partial charge >= 0.3 is 0 Å². The van der Waals surface area contributed by atoms with Crippen molar-refractivity contribution in [1.82, 2.24) is 5.32 Å². The van der Waals surface area contributed by atoms with Gasteiger partial charge < -0.3 is 5.32 Å². The first kappa shape index (κ1) is 11.3. The van der Waals surface area contributed by atoms with Crippen LogP contribution in [0.2, 0.25) is 0 Å². The Morgan fingerprint density at radius 2 is 2.07 bits per heavy atom. The van der Waals surface area contributed by atoms with Crippen molar-refractivity contribution in [3.8, 4) is 0 Å². The van der Waals surface area contributed by atoms with Crippen molar-refractivity contribution < 1.29 is 4.79 Å². The van der Waals surface area contributed by atoms with Gasteiger partial charge in [-0.2, -0.15) is 0 Å². The van der Waals surface area contributed by atoms with E-state index in [4.69, 9.17) is 0 Å². The zero-order valence-electron chi connectivity index (χ0n) is 9.09. The van der Waals surface area contributed by atoms with Crippen molar-refractivity contribution in [2.75, 3.05) is 6.54 Å². The fourth-order valence-electron chi connectivity index (χ4n) is 1.92. The molecule has 0 radical (unpaired) electrons. The predicted octanol–water partition coefficient (Wildman–Crippen LogP) is 2.65. The first-order chi connectivity index (χ1) is 6.83. The summed E-state index contributed by atoms with van der Waals surface area (Å²) >= 11 is 0. The number of hydrogen-bond donors (Lipinski definition) is 1. The maximum atomic E-state index is 11.2. The highest BCUT2D eigenvalue weighted by atomic mass is 16.1. The van der Waals surface area contributed by atoms with Crippen molar-refractivity contribution >= 4 is 5.91 Å². The van der Waals surface area contributed by atoms with Crippen LogP contribution in [-0.4, -0.2) is 12.5 Å². The molecule has 0 aliphatic heterocycles. The van der Waals surface area contributed by atoms with E-state index in [2.05, 4.69) is 5.32 Å². The number of amides is 1. The van der Waals surface area contributed by atoms with Crippen LogP contribution in [0.15, 0.2) is 12.2 Å². The summed E-state index contributed by atoms with van der Waals surface area (Å²) in [7, 11) is 0. The highest BCUT2D eigenvalue weighted by Gasteiger charge is 2.13. The Kier molecular flexibility index (Phi) is 5.35. The number of carbonyl (C=O) groups excluding carboxylic acids is 1. The maximum absolute atomic E-state index is 11.2. The van der Waals surface area contributed by atoms with Crippen LogP contribution in [0.4, 0.5) is 0 Å². The lowest BCUT2D eigenvalue weighted by Gasteiger charge is -2.21. The Morgan fingerprint density at radius 3 is 2.71 bits per heavy atom. The van der Waals surface area contributed by atoms with Gasteiger partial charge in [0.1, 0.15) is 0 Å². The second-order valence-electron chi connectivity index (χ2n) is 4.06. The predicted molar refractivity (Wildman–Crippen MR) is 59.0 cm³/mol. The molecule has 2 nitrogen and oxygen atoms in total. The minimum Gasteiger partial charge on any atom is -0.352 e. The summed E-state index contributed by atoms with van der Waals surface area (Å²) in [6.45, 7) is 2.90. The van der Waals surface area contributed by atoms with E-state index in [1.165, 1.54) is 32.1 Å². The second kappa shape index (κ2) is 6.63. The normalized spacial score (nSPS) is 18.6. The summed E-state index contributed by atoms with van der Waals surface area (Å²) in [5.41, 5.74) is 0. The number of allylic oxidation sites excluding steroid dienone is 1. The third kappa shape index (κ3) is 4.45. The van der Waals surface area contributed by atoms with Gasteiger partial charge in [-0.1, -0.05) is 32.3 Å². The molecule has 1 aliphatic carbocycles. The van der Waals surface area contributed by atoms with Gasteiger partial charge in [0, 0.05) is 6.54 Å². The van der Waals surface area contributed by atoms with E-state index >= 15 is 0 Å². The molecule has 80 valence electrons. The van der Waals surface area contributed by atoms with Crippen LogP contribution in [0, 0.1) is 5.92 Å². The van der Waals surface area contributed by atoms with Crippen LogP contribution >= 0.6 is 0 Å². The summed E-state index contributed by atoms with van der Waals surface area (Å²) in [6, 6.07) is 0. The average Bonchev–Trinajstić information content (AvgIpc) is 2.25. The molecule has 0 aromatic heterocycles. The Bertz CT molecular complexity index is 192. The number of hydrogen-bond acceptors (Lipinski definition) is 1. The molecule has 0 unspecified atom stereocenters. The molecule has 1 fully saturated rings. The summed E-state index contributed by atoms with van der Waals surface area (Å²) in [4.78, 5) is 11.2. The van der Waals surface area contributed by atoms with Gasteiger partial charge in [-0.25, -0.2) is 0 Å². The van der Waals surface area contributed by atoms with Crippen molar-refractivity contribution in [2.24, 2.45) is 5.92 Å². The molecule has 1 aliphatic rings. The lowest BCUT2D eigenvalue weighted by atomic mass is 9.89. The molecule has 0 saturated heterocycles. The SMILES string of the molecule is CC/C=C/C(=O)NCC1CCCCC1. The van der Waals surface area contributed by atoms with Crippen molar-refractivity contribution in [1.29, 1.82) is 0 Å². The van der Waals surface area contributed by atoms with Crippen LogP contribution in [0.5, 0.6) is 0 Å². The zero-order chi connectivity index (χ0) is 10.2. The Labute approximate surface area is 86.8 Å². The minimum absolute atomic E-state index is 0.0671.